The first-order valence-corrected chi connectivity index (χ1v) is 8.31. The molecular weight excluding hydrogens is 306 g/mol. The van der Waals surface area contributed by atoms with Crippen molar-refractivity contribution in [2.75, 3.05) is 20.1 Å². The molecule has 2 unspecified atom stereocenters. The smallest absolute Gasteiger partial charge is 0.239 e. The molecule has 1 aromatic heterocycles. The molecule has 2 heterocycles. The molecule has 1 amide bonds. The lowest BCUT2D eigenvalue weighted by molar-refractivity contribution is -0.132. The molecule has 0 bridgehead atoms. The summed E-state index contributed by atoms with van der Waals surface area (Å²) in [5.74, 6) is 0.859. The SMILES string of the molecule is CN(CCCc1cc(-c2ccccc2)no1)C(=O)C1CC(O)CN1. The van der Waals surface area contributed by atoms with Gasteiger partial charge in [0.05, 0.1) is 12.1 Å². The molecule has 0 radical (unpaired) electrons. The summed E-state index contributed by atoms with van der Waals surface area (Å²) in [6, 6.07) is 11.6. The van der Waals surface area contributed by atoms with Crippen molar-refractivity contribution in [3.05, 3.63) is 42.2 Å². The number of benzene rings is 1. The third kappa shape index (κ3) is 4.01. The largest absolute Gasteiger partial charge is 0.392 e. The summed E-state index contributed by atoms with van der Waals surface area (Å²) in [6.07, 6.45) is 1.61. The Hall–Kier alpha value is -2.18. The van der Waals surface area contributed by atoms with Crippen molar-refractivity contribution in [3.8, 4) is 11.3 Å². The number of aliphatic hydroxyl groups excluding tert-OH is 1. The first kappa shape index (κ1) is 16.7. The lowest BCUT2D eigenvalue weighted by atomic mass is 10.1. The molecule has 24 heavy (non-hydrogen) atoms. The Bertz CT molecular complexity index is 671. The summed E-state index contributed by atoms with van der Waals surface area (Å²) in [7, 11) is 1.80. The molecule has 2 atom stereocenters. The van der Waals surface area contributed by atoms with Gasteiger partial charge >= 0.3 is 0 Å². The molecular formula is C18H23N3O3. The predicted octanol–water partition coefficient (Wildman–Crippen LogP) is 1.46. The van der Waals surface area contributed by atoms with Crippen LogP contribution >= 0.6 is 0 Å². The molecule has 3 rings (SSSR count). The van der Waals surface area contributed by atoms with Gasteiger partial charge in [-0.2, -0.15) is 0 Å². The van der Waals surface area contributed by atoms with Crippen LogP contribution in [0.2, 0.25) is 0 Å². The minimum atomic E-state index is -0.419. The van der Waals surface area contributed by atoms with Gasteiger partial charge in [0.25, 0.3) is 0 Å². The van der Waals surface area contributed by atoms with Crippen molar-refractivity contribution in [1.29, 1.82) is 0 Å². The number of aromatic nitrogens is 1. The van der Waals surface area contributed by atoms with Crippen LogP contribution in [0, 0.1) is 0 Å². The normalized spacial score (nSPS) is 20.2. The average molecular weight is 329 g/mol. The Kier molecular flexibility index (Phi) is 5.27. The summed E-state index contributed by atoms with van der Waals surface area (Å²) < 4.78 is 5.38. The number of likely N-dealkylation sites (N-methyl/N-ethyl adjacent to an activating group) is 1. The molecule has 1 aliphatic rings. The van der Waals surface area contributed by atoms with Crippen molar-refractivity contribution in [2.45, 2.75) is 31.4 Å². The van der Waals surface area contributed by atoms with E-state index in [4.69, 9.17) is 4.52 Å². The van der Waals surface area contributed by atoms with Gasteiger partial charge in [0.2, 0.25) is 5.91 Å². The van der Waals surface area contributed by atoms with Gasteiger partial charge in [-0.05, 0) is 12.8 Å². The minimum absolute atomic E-state index is 0.0362. The van der Waals surface area contributed by atoms with Crippen LogP contribution in [-0.4, -0.2) is 53.4 Å². The fraction of sp³-hybridized carbons (Fsp3) is 0.444. The fourth-order valence-corrected chi connectivity index (χ4v) is 2.95. The molecule has 2 aromatic rings. The van der Waals surface area contributed by atoms with Crippen LogP contribution in [-0.2, 0) is 11.2 Å². The van der Waals surface area contributed by atoms with Gasteiger partial charge in [-0.3, -0.25) is 4.79 Å². The number of nitrogens with zero attached hydrogens (tertiary/aromatic N) is 2. The maximum atomic E-state index is 12.2. The summed E-state index contributed by atoms with van der Waals surface area (Å²) in [5, 5.41) is 16.6. The number of nitrogens with one attached hydrogen (secondary N) is 1. The highest BCUT2D eigenvalue weighted by atomic mass is 16.5. The van der Waals surface area contributed by atoms with Gasteiger partial charge in [0.15, 0.2) is 0 Å². The molecule has 6 heteroatoms. The zero-order valence-electron chi connectivity index (χ0n) is 13.8. The second-order valence-electron chi connectivity index (χ2n) is 6.26. The second-order valence-corrected chi connectivity index (χ2v) is 6.26. The van der Waals surface area contributed by atoms with Crippen molar-refractivity contribution in [1.82, 2.24) is 15.4 Å². The molecule has 128 valence electrons. The lowest BCUT2D eigenvalue weighted by Gasteiger charge is -2.20. The van der Waals surface area contributed by atoms with Gasteiger partial charge in [0.1, 0.15) is 11.5 Å². The fourth-order valence-electron chi connectivity index (χ4n) is 2.95. The third-order valence-corrected chi connectivity index (χ3v) is 4.33. The van der Waals surface area contributed by atoms with Crippen LogP contribution in [0.3, 0.4) is 0 Å². The predicted molar refractivity (Wildman–Crippen MR) is 90.3 cm³/mol. The van der Waals surface area contributed by atoms with Gasteiger partial charge in [0, 0.05) is 38.2 Å². The number of aliphatic hydroxyl groups is 1. The summed E-state index contributed by atoms with van der Waals surface area (Å²) in [6.45, 7) is 1.14. The van der Waals surface area contributed by atoms with E-state index >= 15 is 0 Å². The van der Waals surface area contributed by atoms with Gasteiger partial charge in [-0.15, -0.1) is 0 Å². The number of β-amino-alcohol motifs (C(OH)–C–C–N with tert-alkyl or cyclic N) is 1. The molecule has 6 nitrogen and oxygen atoms in total. The van der Waals surface area contributed by atoms with Crippen molar-refractivity contribution in [2.24, 2.45) is 0 Å². The van der Waals surface area contributed by atoms with Crippen molar-refractivity contribution < 1.29 is 14.4 Å². The van der Waals surface area contributed by atoms with E-state index in [-0.39, 0.29) is 11.9 Å². The van der Waals surface area contributed by atoms with Gasteiger partial charge < -0.3 is 19.8 Å². The van der Waals surface area contributed by atoms with E-state index < -0.39 is 6.10 Å². The standard InChI is InChI=1S/C18H23N3O3/c1-21(18(23)17-10-14(22)12-19-17)9-5-8-15-11-16(20-24-15)13-6-3-2-4-7-13/h2-4,6-7,11,14,17,19,22H,5,8-10,12H2,1H3. The quantitative estimate of drug-likeness (QED) is 0.839. The van der Waals surface area contributed by atoms with Crippen LogP contribution in [0.5, 0.6) is 0 Å². The first-order chi connectivity index (χ1) is 11.6. The second kappa shape index (κ2) is 7.59. The molecule has 1 saturated heterocycles. The first-order valence-electron chi connectivity index (χ1n) is 8.31. The Labute approximate surface area is 141 Å². The maximum absolute atomic E-state index is 12.2. The highest BCUT2D eigenvalue weighted by Gasteiger charge is 2.29. The zero-order chi connectivity index (χ0) is 16.9. The summed E-state index contributed by atoms with van der Waals surface area (Å²) in [4.78, 5) is 14.0. The Morgan fingerprint density at radius 3 is 2.92 bits per heavy atom. The number of hydrogen-bond donors (Lipinski definition) is 2. The van der Waals surface area contributed by atoms with Crippen molar-refractivity contribution in [3.63, 3.8) is 0 Å². The molecule has 1 fully saturated rings. The van der Waals surface area contributed by atoms with E-state index in [2.05, 4.69) is 10.5 Å². The monoisotopic (exact) mass is 329 g/mol. The van der Waals surface area contributed by atoms with Crippen LogP contribution in [0.25, 0.3) is 11.3 Å². The number of amides is 1. The molecule has 0 spiro atoms. The number of hydrogen-bond acceptors (Lipinski definition) is 5. The number of carbonyl (C=O) groups is 1. The highest BCUT2D eigenvalue weighted by Crippen LogP contribution is 2.19. The Balaban J connectivity index is 1.46. The summed E-state index contributed by atoms with van der Waals surface area (Å²) >= 11 is 0. The van der Waals surface area contributed by atoms with E-state index in [9.17, 15) is 9.90 Å². The topological polar surface area (TPSA) is 78.6 Å². The van der Waals surface area contributed by atoms with Crippen LogP contribution in [0.1, 0.15) is 18.6 Å². The van der Waals surface area contributed by atoms with E-state index in [0.717, 1.165) is 29.9 Å². The average Bonchev–Trinajstić information content (AvgIpc) is 3.24. The Morgan fingerprint density at radius 1 is 1.42 bits per heavy atom. The molecule has 0 aliphatic carbocycles. The zero-order valence-corrected chi connectivity index (χ0v) is 13.8. The van der Waals surface area contributed by atoms with Crippen molar-refractivity contribution >= 4 is 5.91 Å². The van der Waals surface area contributed by atoms with Crippen LogP contribution < -0.4 is 5.32 Å². The molecule has 0 saturated carbocycles. The molecule has 1 aliphatic heterocycles. The highest BCUT2D eigenvalue weighted by molar-refractivity contribution is 5.82. The van der Waals surface area contributed by atoms with Crippen LogP contribution in [0.15, 0.2) is 40.9 Å². The summed E-state index contributed by atoms with van der Waals surface area (Å²) in [5.41, 5.74) is 1.87. The number of rotatable bonds is 6. The van der Waals surface area contributed by atoms with E-state index in [0.29, 0.717) is 19.5 Å². The third-order valence-electron chi connectivity index (χ3n) is 4.33. The van der Waals surface area contributed by atoms with Crippen LogP contribution in [0.4, 0.5) is 0 Å². The maximum Gasteiger partial charge on any atom is 0.239 e. The van der Waals surface area contributed by atoms with E-state index in [1.165, 1.54) is 0 Å². The number of aryl methyl sites for hydroxylation is 1. The number of carbonyl (C=O) groups excluding carboxylic acids is 1. The molecule has 1 aromatic carbocycles. The minimum Gasteiger partial charge on any atom is -0.392 e. The van der Waals surface area contributed by atoms with E-state index in [1.807, 2.05) is 36.4 Å². The Morgan fingerprint density at radius 2 is 2.21 bits per heavy atom. The van der Waals surface area contributed by atoms with E-state index in [1.54, 1.807) is 11.9 Å². The lowest BCUT2D eigenvalue weighted by Crippen LogP contribution is -2.42. The van der Waals surface area contributed by atoms with Gasteiger partial charge in [-0.1, -0.05) is 35.5 Å². The van der Waals surface area contributed by atoms with Gasteiger partial charge in [-0.25, -0.2) is 0 Å². The molecule has 2 N–H and O–H groups in total.